The lowest BCUT2D eigenvalue weighted by Gasteiger charge is -2.16. The predicted molar refractivity (Wildman–Crippen MR) is 91.4 cm³/mol. The van der Waals surface area contributed by atoms with E-state index in [1.54, 1.807) is 7.11 Å². The number of hydrogen-bond acceptors (Lipinski definition) is 5. The summed E-state index contributed by atoms with van der Waals surface area (Å²) in [5.41, 5.74) is 2.86. The van der Waals surface area contributed by atoms with E-state index >= 15 is 0 Å². The van der Waals surface area contributed by atoms with Gasteiger partial charge in [-0.05, 0) is 25.5 Å². The van der Waals surface area contributed by atoms with Crippen molar-refractivity contribution in [2.45, 2.75) is 25.1 Å². The number of ether oxygens (including phenoxy) is 1. The van der Waals surface area contributed by atoms with Crippen molar-refractivity contribution in [2.24, 2.45) is 0 Å². The average molecular weight is 331 g/mol. The molecule has 0 fully saturated rings. The third-order valence-corrected chi connectivity index (χ3v) is 4.08. The Morgan fingerprint density at radius 1 is 1.22 bits per heavy atom. The van der Waals surface area contributed by atoms with Crippen LogP contribution in [0.4, 0.5) is 0 Å². The molecule has 2 rings (SSSR count). The molecule has 1 aromatic carbocycles. The van der Waals surface area contributed by atoms with E-state index in [0.717, 1.165) is 17.0 Å². The molecule has 1 amide bonds. The van der Waals surface area contributed by atoms with Crippen LogP contribution in [0.3, 0.4) is 0 Å². The van der Waals surface area contributed by atoms with Crippen molar-refractivity contribution in [3.05, 3.63) is 53.3 Å². The molecule has 1 aromatic heterocycles. The van der Waals surface area contributed by atoms with Crippen LogP contribution in [0.5, 0.6) is 0 Å². The summed E-state index contributed by atoms with van der Waals surface area (Å²) >= 11 is 1.34. The maximum Gasteiger partial charge on any atom is 0.230 e. The van der Waals surface area contributed by atoms with Gasteiger partial charge >= 0.3 is 0 Å². The summed E-state index contributed by atoms with van der Waals surface area (Å²) in [6, 6.07) is 11.7. The van der Waals surface area contributed by atoms with Crippen molar-refractivity contribution >= 4 is 17.7 Å². The largest absolute Gasteiger partial charge is 0.375 e. The van der Waals surface area contributed by atoms with Gasteiger partial charge < -0.3 is 10.1 Å². The summed E-state index contributed by atoms with van der Waals surface area (Å²) in [5, 5.41) is 3.52. The number of hydrogen-bond donors (Lipinski definition) is 1. The Bertz CT molecular complexity index is 629. The van der Waals surface area contributed by atoms with Crippen LogP contribution in [0.25, 0.3) is 0 Å². The molecule has 1 heterocycles. The molecule has 0 radical (unpaired) electrons. The molecular weight excluding hydrogens is 310 g/mol. The van der Waals surface area contributed by atoms with Crippen LogP contribution in [0.15, 0.2) is 41.6 Å². The molecule has 0 aliphatic heterocycles. The minimum atomic E-state index is -0.150. The zero-order chi connectivity index (χ0) is 16.7. The average Bonchev–Trinajstić information content (AvgIpc) is 2.53. The fourth-order valence-corrected chi connectivity index (χ4v) is 2.93. The topological polar surface area (TPSA) is 64.1 Å². The third-order valence-electron chi connectivity index (χ3n) is 3.23. The normalized spacial score (nSPS) is 12.0. The molecule has 1 atom stereocenters. The van der Waals surface area contributed by atoms with Gasteiger partial charge in [0.15, 0.2) is 5.16 Å². The maximum absolute atomic E-state index is 12.0. The standard InChI is InChI=1S/C17H21N3O2S/c1-12-9-13(2)20-17(19-12)23-11-16(21)18-10-15(22-3)14-7-5-4-6-8-14/h4-9,15H,10-11H2,1-3H3,(H,18,21)/t15-/m0/s1. The van der Waals surface area contributed by atoms with Crippen LogP contribution in [-0.4, -0.2) is 35.3 Å². The minimum absolute atomic E-state index is 0.0595. The highest BCUT2D eigenvalue weighted by atomic mass is 32.2. The fraction of sp³-hybridized carbons (Fsp3) is 0.353. The van der Waals surface area contributed by atoms with Gasteiger partial charge in [-0.15, -0.1) is 0 Å². The molecule has 2 aromatic rings. The zero-order valence-electron chi connectivity index (χ0n) is 13.6. The number of methoxy groups -OCH3 is 1. The van der Waals surface area contributed by atoms with Gasteiger partial charge in [-0.3, -0.25) is 4.79 Å². The van der Waals surface area contributed by atoms with Crippen molar-refractivity contribution in [2.75, 3.05) is 19.4 Å². The van der Waals surface area contributed by atoms with E-state index < -0.39 is 0 Å². The Morgan fingerprint density at radius 2 is 1.87 bits per heavy atom. The molecule has 0 saturated carbocycles. The van der Waals surface area contributed by atoms with Crippen molar-refractivity contribution in [1.29, 1.82) is 0 Å². The van der Waals surface area contributed by atoms with Gasteiger partial charge in [0.05, 0.1) is 11.9 Å². The predicted octanol–water partition coefficient (Wildman–Crippen LogP) is 2.69. The smallest absolute Gasteiger partial charge is 0.230 e. The van der Waals surface area contributed by atoms with Crippen LogP contribution in [-0.2, 0) is 9.53 Å². The Morgan fingerprint density at radius 3 is 2.48 bits per heavy atom. The molecule has 5 nitrogen and oxygen atoms in total. The van der Waals surface area contributed by atoms with E-state index in [2.05, 4.69) is 15.3 Å². The summed E-state index contributed by atoms with van der Waals surface area (Å²) in [6.07, 6.45) is -0.150. The second-order valence-corrected chi connectivity index (χ2v) is 6.10. The molecule has 0 bridgehead atoms. The third kappa shape index (κ3) is 5.65. The molecule has 0 saturated heterocycles. The Hall–Kier alpha value is -1.92. The second kappa shape index (κ2) is 8.64. The Balaban J connectivity index is 1.82. The SMILES string of the molecule is CO[C@@H](CNC(=O)CSc1nc(C)cc(C)n1)c1ccccc1. The van der Waals surface area contributed by atoms with Gasteiger partial charge in [0.1, 0.15) is 0 Å². The number of benzene rings is 1. The summed E-state index contributed by atoms with van der Waals surface area (Å²) in [5.74, 6) is 0.226. The monoisotopic (exact) mass is 331 g/mol. The molecule has 0 aliphatic rings. The summed E-state index contributed by atoms with van der Waals surface area (Å²) in [6.45, 7) is 4.28. The van der Waals surface area contributed by atoms with Gasteiger partial charge in [0.25, 0.3) is 0 Å². The van der Waals surface area contributed by atoms with Crippen molar-refractivity contribution in [3.63, 3.8) is 0 Å². The van der Waals surface area contributed by atoms with Crippen LogP contribution in [0.2, 0.25) is 0 Å². The summed E-state index contributed by atoms with van der Waals surface area (Å²) < 4.78 is 5.43. The first-order chi connectivity index (χ1) is 11.1. The molecular formula is C17H21N3O2S. The van der Waals surface area contributed by atoms with Gasteiger partial charge in [-0.1, -0.05) is 42.1 Å². The van der Waals surface area contributed by atoms with E-state index in [9.17, 15) is 4.79 Å². The minimum Gasteiger partial charge on any atom is -0.375 e. The van der Waals surface area contributed by atoms with Gasteiger partial charge in [-0.2, -0.15) is 0 Å². The van der Waals surface area contributed by atoms with Crippen LogP contribution in [0.1, 0.15) is 23.1 Å². The Kier molecular flexibility index (Phi) is 6.55. The highest BCUT2D eigenvalue weighted by Gasteiger charge is 2.12. The molecule has 23 heavy (non-hydrogen) atoms. The lowest BCUT2D eigenvalue weighted by molar-refractivity contribution is -0.119. The first kappa shape index (κ1) is 17.4. The van der Waals surface area contributed by atoms with Gasteiger partial charge in [0.2, 0.25) is 5.91 Å². The molecule has 6 heteroatoms. The number of aryl methyl sites for hydroxylation is 2. The highest BCUT2D eigenvalue weighted by molar-refractivity contribution is 7.99. The first-order valence-corrected chi connectivity index (χ1v) is 8.36. The van der Waals surface area contributed by atoms with Crippen molar-refractivity contribution in [3.8, 4) is 0 Å². The molecule has 0 spiro atoms. The molecule has 0 unspecified atom stereocenters. The van der Waals surface area contributed by atoms with Crippen LogP contribution in [0, 0.1) is 13.8 Å². The number of nitrogens with one attached hydrogen (secondary N) is 1. The van der Waals surface area contributed by atoms with E-state index in [-0.39, 0.29) is 17.8 Å². The lowest BCUT2D eigenvalue weighted by Crippen LogP contribution is -2.30. The van der Waals surface area contributed by atoms with E-state index in [1.807, 2.05) is 50.2 Å². The number of aromatic nitrogens is 2. The van der Waals surface area contributed by atoms with Gasteiger partial charge in [0, 0.05) is 25.0 Å². The van der Waals surface area contributed by atoms with E-state index in [1.165, 1.54) is 11.8 Å². The quantitative estimate of drug-likeness (QED) is 0.624. The number of thioether (sulfide) groups is 1. The summed E-state index contributed by atoms with van der Waals surface area (Å²) in [7, 11) is 1.64. The molecule has 0 aliphatic carbocycles. The highest BCUT2D eigenvalue weighted by Crippen LogP contribution is 2.16. The molecule has 1 N–H and O–H groups in total. The van der Waals surface area contributed by atoms with Crippen LogP contribution < -0.4 is 5.32 Å². The van der Waals surface area contributed by atoms with Gasteiger partial charge in [-0.25, -0.2) is 9.97 Å². The first-order valence-electron chi connectivity index (χ1n) is 7.38. The van der Waals surface area contributed by atoms with E-state index in [4.69, 9.17) is 4.74 Å². The maximum atomic E-state index is 12.0. The number of carbonyl (C=O) groups excluding carboxylic acids is 1. The van der Waals surface area contributed by atoms with Crippen molar-refractivity contribution < 1.29 is 9.53 Å². The number of rotatable bonds is 7. The zero-order valence-corrected chi connectivity index (χ0v) is 14.4. The Labute approximate surface area is 140 Å². The number of nitrogens with zero attached hydrogens (tertiary/aromatic N) is 2. The summed E-state index contributed by atoms with van der Waals surface area (Å²) in [4.78, 5) is 20.6. The number of carbonyl (C=O) groups is 1. The molecule has 122 valence electrons. The number of amides is 1. The van der Waals surface area contributed by atoms with E-state index in [0.29, 0.717) is 11.7 Å². The fourth-order valence-electron chi connectivity index (χ4n) is 2.15. The second-order valence-electron chi connectivity index (χ2n) is 5.16. The lowest BCUT2D eigenvalue weighted by atomic mass is 10.1. The van der Waals surface area contributed by atoms with Crippen molar-refractivity contribution in [1.82, 2.24) is 15.3 Å². The van der Waals surface area contributed by atoms with Crippen LogP contribution >= 0.6 is 11.8 Å².